The summed E-state index contributed by atoms with van der Waals surface area (Å²) in [6.45, 7) is 11.3. The molecule has 0 spiro atoms. The fourth-order valence-corrected chi connectivity index (χ4v) is 3.14. The molecule has 0 aromatic rings. The summed E-state index contributed by atoms with van der Waals surface area (Å²) in [4.78, 5) is 2.51. The molecule has 0 bridgehead atoms. The van der Waals surface area contributed by atoms with E-state index in [1.165, 1.54) is 38.8 Å². The smallest absolute Gasteiger partial charge is 0.0723 e. The van der Waals surface area contributed by atoms with Crippen LogP contribution in [-0.4, -0.2) is 34.7 Å². The maximum atomic E-state index is 10.6. The minimum atomic E-state index is -0.174. The van der Waals surface area contributed by atoms with Gasteiger partial charge >= 0.3 is 0 Å². The number of rotatable bonds is 7. The Labute approximate surface area is 107 Å². The van der Waals surface area contributed by atoms with Gasteiger partial charge in [-0.15, -0.1) is 0 Å². The lowest BCUT2D eigenvalue weighted by Gasteiger charge is -2.43. The van der Waals surface area contributed by atoms with Crippen molar-refractivity contribution in [1.29, 1.82) is 0 Å². The summed E-state index contributed by atoms with van der Waals surface area (Å²) in [6.07, 6.45) is 6.88. The SMILES string of the molecule is CCCC(C)CC(O)C(C)(CC)N1CCCC1. The molecule has 0 saturated carbocycles. The third kappa shape index (κ3) is 3.69. The lowest BCUT2D eigenvalue weighted by atomic mass is 9.83. The molecule has 1 fully saturated rings. The molecular weight excluding hydrogens is 210 g/mol. The van der Waals surface area contributed by atoms with Crippen LogP contribution in [0.15, 0.2) is 0 Å². The minimum absolute atomic E-state index is 0.00149. The molecule has 0 aromatic carbocycles. The Morgan fingerprint density at radius 2 is 1.82 bits per heavy atom. The van der Waals surface area contributed by atoms with Gasteiger partial charge in [0, 0.05) is 5.54 Å². The van der Waals surface area contributed by atoms with Crippen LogP contribution < -0.4 is 0 Å². The van der Waals surface area contributed by atoms with Crippen LogP contribution in [0, 0.1) is 5.92 Å². The molecule has 1 N–H and O–H groups in total. The third-order valence-corrected chi connectivity index (χ3v) is 4.67. The van der Waals surface area contributed by atoms with Crippen molar-refractivity contribution >= 4 is 0 Å². The number of aliphatic hydroxyl groups excluding tert-OH is 1. The van der Waals surface area contributed by atoms with Crippen LogP contribution >= 0.6 is 0 Å². The van der Waals surface area contributed by atoms with E-state index in [0.717, 1.165) is 12.8 Å². The lowest BCUT2D eigenvalue weighted by molar-refractivity contribution is -0.0243. The van der Waals surface area contributed by atoms with Crippen LogP contribution in [0.2, 0.25) is 0 Å². The molecule has 1 saturated heterocycles. The van der Waals surface area contributed by atoms with Crippen LogP contribution in [0.3, 0.4) is 0 Å². The van der Waals surface area contributed by atoms with Gasteiger partial charge in [-0.05, 0) is 51.6 Å². The second-order valence-corrected chi connectivity index (χ2v) is 6.05. The first-order chi connectivity index (χ1) is 8.04. The number of hydrogen-bond acceptors (Lipinski definition) is 2. The third-order valence-electron chi connectivity index (χ3n) is 4.67. The van der Waals surface area contributed by atoms with Gasteiger partial charge in [0.1, 0.15) is 0 Å². The number of likely N-dealkylation sites (tertiary alicyclic amines) is 1. The molecule has 1 aliphatic heterocycles. The van der Waals surface area contributed by atoms with Crippen molar-refractivity contribution in [2.75, 3.05) is 13.1 Å². The summed E-state index contributed by atoms with van der Waals surface area (Å²) in [5.74, 6) is 0.642. The molecule has 1 heterocycles. The van der Waals surface area contributed by atoms with Crippen molar-refractivity contribution in [3.05, 3.63) is 0 Å². The van der Waals surface area contributed by atoms with Crippen LogP contribution in [0.4, 0.5) is 0 Å². The first kappa shape index (κ1) is 15.0. The Kier molecular flexibility index (Phi) is 5.94. The standard InChI is InChI=1S/C15H31NO/c1-5-9-13(3)12-14(17)15(4,6-2)16-10-7-8-11-16/h13-14,17H,5-12H2,1-4H3. The van der Waals surface area contributed by atoms with Gasteiger partial charge in [0.25, 0.3) is 0 Å². The van der Waals surface area contributed by atoms with Gasteiger partial charge in [-0.3, -0.25) is 4.90 Å². The fourth-order valence-electron chi connectivity index (χ4n) is 3.14. The van der Waals surface area contributed by atoms with Gasteiger partial charge in [-0.1, -0.05) is 33.6 Å². The van der Waals surface area contributed by atoms with Crippen LogP contribution in [0.1, 0.15) is 66.2 Å². The summed E-state index contributed by atoms with van der Waals surface area (Å²) >= 11 is 0. The number of aliphatic hydroxyl groups is 1. The molecule has 1 aliphatic rings. The zero-order chi connectivity index (χ0) is 12.9. The average Bonchev–Trinajstić information content (AvgIpc) is 2.82. The lowest BCUT2D eigenvalue weighted by Crippen LogP contribution is -2.53. The number of hydrogen-bond donors (Lipinski definition) is 1. The van der Waals surface area contributed by atoms with Gasteiger partial charge in [-0.25, -0.2) is 0 Å². The Hall–Kier alpha value is -0.0800. The van der Waals surface area contributed by atoms with Crippen LogP contribution in [-0.2, 0) is 0 Å². The molecule has 0 radical (unpaired) electrons. The quantitative estimate of drug-likeness (QED) is 0.738. The zero-order valence-corrected chi connectivity index (χ0v) is 12.2. The molecule has 0 amide bonds. The highest BCUT2D eigenvalue weighted by molar-refractivity contribution is 4.94. The monoisotopic (exact) mass is 241 g/mol. The summed E-state index contributed by atoms with van der Waals surface area (Å²) < 4.78 is 0. The van der Waals surface area contributed by atoms with Crippen molar-refractivity contribution < 1.29 is 5.11 Å². The zero-order valence-electron chi connectivity index (χ0n) is 12.2. The number of nitrogens with zero attached hydrogens (tertiary/aromatic N) is 1. The molecule has 0 aromatic heterocycles. The second-order valence-electron chi connectivity index (χ2n) is 6.05. The van der Waals surface area contributed by atoms with E-state index in [9.17, 15) is 5.11 Å². The van der Waals surface area contributed by atoms with Crippen molar-refractivity contribution in [3.8, 4) is 0 Å². The Bertz CT molecular complexity index is 213. The molecule has 2 heteroatoms. The van der Waals surface area contributed by atoms with E-state index in [1.54, 1.807) is 0 Å². The topological polar surface area (TPSA) is 23.5 Å². The summed E-state index contributed by atoms with van der Waals surface area (Å²) in [6, 6.07) is 0. The maximum absolute atomic E-state index is 10.6. The molecular formula is C15H31NO. The normalized spacial score (nSPS) is 24.5. The van der Waals surface area contributed by atoms with Gasteiger partial charge in [0.2, 0.25) is 0 Å². The van der Waals surface area contributed by atoms with Crippen molar-refractivity contribution in [2.45, 2.75) is 77.9 Å². The van der Waals surface area contributed by atoms with E-state index < -0.39 is 0 Å². The van der Waals surface area contributed by atoms with E-state index >= 15 is 0 Å². The van der Waals surface area contributed by atoms with E-state index in [-0.39, 0.29) is 11.6 Å². The maximum Gasteiger partial charge on any atom is 0.0723 e. The van der Waals surface area contributed by atoms with Crippen LogP contribution in [0.5, 0.6) is 0 Å². The molecule has 1 rings (SSSR count). The molecule has 3 unspecified atom stereocenters. The first-order valence-corrected chi connectivity index (χ1v) is 7.47. The van der Waals surface area contributed by atoms with E-state index in [2.05, 4.69) is 32.6 Å². The second kappa shape index (κ2) is 6.75. The first-order valence-electron chi connectivity index (χ1n) is 7.47. The Balaban J connectivity index is 2.57. The van der Waals surface area contributed by atoms with E-state index in [4.69, 9.17) is 0 Å². The van der Waals surface area contributed by atoms with Gasteiger partial charge < -0.3 is 5.11 Å². The van der Waals surface area contributed by atoms with Gasteiger partial charge in [0.15, 0.2) is 0 Å². The minimum Gasteiger partial charge on any atom is -0.391 e. The molecule has 17 heavy (non-hydrogen) atoms. The summed E-state index contributed by atoms with van der Waals surface area (Å²) in [5.41, 5.74) is -0.00149. The summed E-state index contributed by atoms with van der Waals surface area (Å²) in [7, 11) is 0. The fraction of sp³-hybridized carbons (Fsp3) is 1.00. The van der Waals surface area contributed by atoms with Gasteiger partial charge in [-0.2, -0.15) is 0 Å². The highest BCUT2D eigenvalue weighted by Gasteiger charge is 2.38. The molecule has 2 nitrogen and oxygen atoms in total. The van der Waals surface area contributed by atoms with Crippen molar-refractivity contribution in [1.82, 2.24) is 4.90 Å². The molecule has 0 aliphatic carbocycles. The van der Waals surface area contributed by atoms with Gasteiger partial charge in [0.05, 0.1) is 6.10 Å². The predicted octanol–water partition coefficient (Wildman–Crippen LogP) is 3.44. The summed E-state index contributed by atoms with van der Waals surface area (Å²) in [5, 5.41) is 10.6. The van der Waals surface area contributed by atoms with E-state index in [0.29, 0.717) is 5.92 Å². The average molecular weight is 241 g/mol. The molecule has 3 atom stereocenters. The van der Waals surface area contributed by atoms with E-state index in [1.807, 2.05) is 0 Å². The van der Waals surface area contributed by atoms with Crippen molar-refractivity contribution in [3.63, 3.8) is 0 Å². The Morgan fingerprint density at radius 3 is 2.29 bits per heavy atom. The predicted molar refractivity (Wildman–Crippen MR) is 74.2 cm³/mol. The molecule has 102 valence electrons. The Morgan fingerprint density at radius 1 is 1.24 bits per heavy atom. The van der Waals surface area contributed by atoms with Crippen LogP contribution in [0.25, 0.3) is 0 Å². The highest BCUT2D eigenvalue weighted by atomic mass is 16.3. The highest BCUT2D eigenvalue weighted by Crippen LogP contribution is 2.31. The van der Waals surface area contributed by atoms with Crippen molar-refractivity contribution in [2.24, 2.45) is 5.92 Å². The largest absolute Gasteiger partial charge is 0.391 e.